The first-order valence-corrected chi connectivity index (χ1v) is 7.39. The van der Waals surface area contributed by atoms with Gasteiger partial charge in [0.15, 0.2) is 5.89 Å². The number of anilines is 1. The maximum Gasteiger partial charge on any atom is 0.295 e. The largest absolute Gasteiger partial charge is 0.435 e. The fourth-order valence-electron chi connectivity index (χ4n) is 2.29. The van der Waals surface area contributed by atoms with Crippen molar-refractivity contribution in [3.05, 3.63) is 53.2 Å². The lowest BCUT2D eigenvalue weighted by molar-refractivity contribution is 0.0991. The molecule has 0 aliphatic heterocycles. The molecule has 0 saturated carbocycles. The summed E-state index contributed by atoms with van der Waals surface area (Å²) in [6.45, 7) is 5.50. The molecule has 0 bridgehead atoms. The molecule has 0 unspecified atom stereocenters. The molecule has 0 aliphatic carbocycles. The molecule has 0 saturated heterocycles. The summed E-state index contributed by atoms with van der Waals surface area (Å²) in [6.07, 6.45) is 0.633. The molecule has 0 fully saturated rings. The lowest BCUT2D eigenvalue weighted by atomic mass is 10.1. The number of carbonyl (C=O) groups excluding carboxylic acids is 1. The molecular weight excluding hydrogens is 294 g/mol. The second kappa shape index (κ2) is 6.08. The van der Waals surface area contributed by atoms with Gasteiger partial charge in [-0.1, -0.05) is 42.4 Å². The van der Waals surface area contributed by atoms with Crippen LogP contribution >= 0.6 is 0 Å². The van der Waals surface area contributed by atoms with Crippen molar-refractivity contribution in [1.29, 1.82) is 0 Å². The fourth-order valence-corrected chi connectivity index (χ4v) is 2.29. The molecule has 1 amide bonds. The van der Waals surface area contributed by atoms with Gasteiger partial charge in [0.2, 0.25) is 11.6 Å². The Morgan fingerprint density at radius 3 is 2.61 bits per heavy atom. The van der Waals surface area contributed by atoms with Crippen LogP contribution in [0.2, 0.25) is 0 Å². The zero-order chi connectivity index (χ0) is 16.4. The Balaban J connectivity index is 1.85. The van der Waals surface area contributed by atoms with Crippen LogP contribution in [-0.4, -0.2) is 16.0 Å². The minimum absolute atomic E-state index is 0.193. The number of oxazole rings is 1. The van der Waals surface area contributed by atoms with E-state index in [1.807, 2.05) is 44.2 Å². The van der Waals surface area contributed by atoms with Crippen LogP contribution in [0.1, 0.15) is 34.6 Å². The second-order valence-electron chi connectivity index (χ2n) is 5.18. The number of nitrogens with one attached hydrogen (secondary N) is 1. The number of nitrogens with zero attached hydrogens (tertiary/aromatic N) is 2. The SMILES string of the molecule is CCc1nc(C)c(C(=O)Nc2onc(-c3ccccc3)c2C)o1. The lowest BCUT2D eigenvalue weighted by Gasteiger charge is -2.00. The van der Waals surface area contributed by atoms with E-state index in [1.165, 1.54) is 0 Å². The summed E-state index contributed by atoms with van der Waals surface area (Å²) in [5.74, 6) is 0.641. The van der Waals surface area contributed by atoms with Crippen molar-refractivity contribution >= 4 is 11.8 Å². The summed E-state index contributed by atoms with van der Waals surface area (Å²) >= 11 is 0. The van der Waals surface area contributed by atoms with Gasteiger partial charge in [-0.2, -0.15) is 0 Å². The van der Waals surface area contributed by atoms with Crippen molar-refractivity contribution in [1.82, 2.24) is 10.1 Å². The molecule has 3 rings (SSSR count). The summed E-state index contributed by atoms with van der Waals surface area (Å²) in [4.78, 5) is 16.5. The molecule has 1 aromatic carbocycles. The van der Waals surface area contributed by atoms with Gasteiger partial charge in [-0.15, -0.1) is 0 Å². The van der Waals surface area contributed by atoms with Gasteiger partial charge >= 0.3 is 0 Å². The van der Waals surface area contributed by atoms with Crippen LogP contribution in [0.15, 0.2) is 39.3 Å². The smallest absolute Gasteiger partial charge is 0.295 e. The van der Waals surface area contributed by atoms with E-state index in [2.05, 4.69) is 15.5 Å². The van der Waals surface area contributed by atoms with Crippen LogP contribution in [0.4, 0.5) is 5.88 Å². The van der Waals surface area contributed by atoms with Gasteiger partial charge in [0, 0.05) is 17.5 Å². The highest BCUT2D eigenvalue weighted by Crippen LogP contribution is 2.28. The first kappa shape index (κ1) is 15.0. The minimum Gasteiger partial charge on any atom is -0.435 e. The zero-order valence-electron chi connectivity index (χ0n) is 13.2. The normalized spacial score (nSPS) is 10.7. The van der Waals surface area contributed by atoms with E-state index in [1.54, 1.807) is 6.92 Å². The standard InChI is InChI=1S/C17H17N3O3/c1-4-13-18-11(3)15(22-13)16(21)19-17-10(2)14(20-23-17)12-8-6-5-7-9-12/h5-9H,4H2,1-3H3,(H,19,21). The lowest BCUT2D eigenvalue weighted by Crippen LogP contribution is -2.12. The molecule has 6 nitrogen and oxygen atoms in total. The number of amides is 1. The summed E-state index contributed by atoms with van der Waals surface area (Å²) in [7, 11) is 0. The molecule has 2 heterocycles. The molecule has 1 N–H and O–H groups in total. The predicted molar refractivity (Wildman–Crippen MR) is 85.2 cm³/mol. The predicted octanol–water partition coefficient (Wildman–Crippen LogP) is 3.76. The van der Waals surface area contributed by atoms with Gasteiger partial charge in [0.05, 0.1) is 5.69 Å². The maximum absolute atomic E-state index is 12.3. The summed E-state index contributed by atoms with van der Waals surface area (Å²) in [6, 6.07) is 9.65. The van der Waals surface area contributed by atoms with Gasteiger partial charge in [0.25, 0.3) is 5.91 Å². The third-order valence-electron chi connectivity index (χ3n) is 3.55. The van der Waals surface area contributed by atoms with Gasteiger partial charge in [-0.25, -0.2) is 4.98 Å². The van der Waals surface area contributed by atoms with Gasteiger partial charge in [0.1, 0.15) is 5.69 Å². The van der Waals surface area contributed by atoms with Crippen molar-refractivity contribution in [3.63, 3.8) is 0 Å². The number of rotatable bonds is 4. The number of aromatic nitrogens is 2. The molecule has 0 spiro atoms. The van der Waals surface area contributed by atoms with E-state index >= 15 is 0 Å². The first-order chi connectivity index (χ1) is 11.1. The molecule has 118 valence electrons. The van der Waals surface area contributed by atoms with E-state index in [-0.39, 0.29) is 5.76 Å². The average molecular weight is 311 g/mol. The highest BCUT2D eigenvalue weighted by Gasteiger charge is 2.21. The Hall–Kier alpha value is -2.89. The van der Waals surface area contributed by atoms with Crippen molar-refractivity contribution in [2.24, 2.45) is 0 Å². The van der Waals surface area contributed by atoms with Crippen LogP contribution in [0, 0.1) is 13.8 Å². The number of benzene rings is 1. The molecule has 0 atom stereocenters. The average Bonchev–Trinajstić information content (AvgIpc) is 3.12. The van der Waals surface area contributed by atoms with Crippen LogP contribution in [-0.2, 0) is 6.42 Å². The third-order valence-corrected chi connectivity index (χ3v) is 3.55. The first-order valence-electron chi connectivity index (χ1n) is 7.39. The third kappa shape index (κ3) is 2.88. The molecule has 0 radical (unpaired) electrons. The van der Waals surface area contributed by atoms with E-state index in [0.29, 0.717) is 29.6 Å². The fraction of sp³-hybridized carbons (Fsp3) is 0.235. The van der Waals surface area contributed by atoms with Gasteiger partial charge in [-0.3, -0.25) is 10.1 Å². The second-order valence-corrected chi connectivity index (χ2v) is 5.18. The van der Waals surface area contributed by atoms with Crippen molar-refractivity contribution in [2.75, 3.05) is 5.32 Å². The Morgan fingerprint density at radius 2 is 1.96 bits per heavy atom. The van der Waals surface area contributed by atoms with E-state index in [4.69, 9.17) is 8.94 Å². The number of carbonyl (C=O) groups is 1. The Bertz CT molecular complexity index is 834. The molecule has 23 heavy (non-hydrogen) atoms. The maximum atomic E-state index is 12.3. The summed E-state index contributed by atoms with van der Waals surface area (Å²) < 4.78 is 10.7. The number of hydrogen-bond donors (Lipinski definition) is 1. The monoisotopic (exact) mass is 311 g/mol. The van der Waals surface area contributed by atoms with E-state index in [9.17, 15) is 4.79 Å². The van der Waals surface area contributed by atoms with Crippen molar-refractivity contribution < 1.29 is 13.7 Å². The Kier molecular flexibility index (Phi) is 3.97. The minimum atomic E-state index is -0.395. The number of aryl methyl sites for hydroxylation is 2. The number of hydrogen-bond acceptors (Lipinski definition) is 5. The van der Waals surface area contributed by atoms with Crippen molar-refractivity contribution in [2.45, 2.75) is 27.2 Å². The van der Waals surface area contributed by atoms with Crippen LogP contribution in [0.3, 0.4) is 0 Å². The molecule has 6 heteroatoms. The van der Waals surface area contributed by atoms with Crippen molar-refractivity contribution in [3.8, 4) is 11.3 Å². The summed E-state index contributed by atoms with van der Waals surface area (Å²) in [5, 5.41) is 6.73. The molecule has 2 aromatic heterocycles. The van der Waals surface area contributed by atoms with Gasteiger partial charge in [-0.05, 0) is 13.8 Å². The van der Waals surface area contributed by atoms with Crippen LogP contribution in [0.5, 0.6) is 0 Å². The highest BCUT2D eigenvalue weighted by atomic mass is 16.5. The van der Waals surface area contributed by atoms with Crippen LogP contribution in [0.25, 0.3) is 11.3 Å². The Labute approximate surface area is 133 Å². The molecule has 3 aromatic rings. The van der Waals surface area contributed by atoms with Gasteiger partial charge < -0.3 is 8.94 Å². The van der Waals surface area contributed by atoms with E-state index in [0.717, 1.165) is 11.1 Å². The van der Waals surface area contributed by atoms with Crippen LogP contribution < -0.4 is 5.32 Å². The molecule has 0 aliphatic rings. The summed E-state index contributed by atoms with van der Waals surface area (Å²) in [5.41, 5.74) is 2.94. The molecular formula is C17H17N3O3. The van der Waals surface area contributed by atoms with E-state index < -0.39 is 5.91 Å². The highest BCUT2D eigenvalue weighted by molar-refractivity contribution is 6.02. The Morgan fingerprint density at radius 1 is 1.22 bits per heavy atom. The topological polar surface area (TPSA) is 81.2 Å². The quantitative estimate of drug-likeness (QED) is 0.793. The zero-order valence-corrected chi connectivity index (χ0v) is 13.2.